The first-order chi connectivity index (χ1) is 4.62. The molecule has 0 radical (unpaired) electrons. The van der Waals surface area contributed by atoms with Crippen LogP contribution in [0.3, 0.4) is 0 Å². The van der Waals surface area contributed by atoms with Gasteiger partial charge < -0.3 is 0 Å². The summed E-state index contributed by atoms with van der Waals surface area (Å²) in [6.07, 6.45) is 0. The van der Waals surface area contributed by atoms with E-state index in [9.17, 15) is 8.42 Å². The minimum Gasteiger partial charge on any atom is -0.228 e. The van der Waals surface area contributed by atoms with E-state index in [0.29, 0.717) is 0 Å². The third kappa shape index (κ3) is 0.999. The molecule has 0 atom stereocenters. The summed E-state index contributed by atoms with van der Waals surface area (Å²) >= 11 is 0. The Balaban J connectivity index is 3.03. The molecule has 1 fully saturated rings. The standard InChI is InChI=1S/C7H15NO2S/c1-6(2)5(7(6,3)4)11(8,9)10/h5H,1-4H3,(H2,8,9,10). The van der Waals surface area contributed by atoms with E-state index in [1.165, 1.54) is 0 Å². The van der Waals surface area contributed by atoms with E-state index in [4.69, 9.17) is 5.14 Å². The highest BCUT2D eigenvalue weighted by molar-refractivity contribution is 7.90. The second-order valence-electron chi connectivity index (χ2n) is 4.41. The first-order valence-corrected chi connectivity index (χ1v) is 5.24. The van der Waals surface area contributed by atoms with Crippen molar-refractivity contribution in [3.63, 3.8) is 0 Å². The monoisotopic (exact) mass is 177 g/mol. The van der Waals surface area contributed by atoms with Gasteiger partial charge in [-0.2, -0.15) is 0 Å². The molecule has 0 bridgehead atoms. The molecular formula is C7H15NO2S. The van der Waals surface area contributed by atoms with E-state index in [0.717, 1.165) is 0 Å². The predicted octanol–water partition coefficient (Wildman–Crippen LogP) is 0.710. The topological polar surface area (TPSA) is 60.2 Å². The SMILES string of the molecule is CC1(C)C(S(N)(=O)=O)C1(C)C. The molecule has 0 heterocycles. The molecule has 2 N–H and O–H groups in total. The van der Waals surface area contributed by atoms with Gasteiger partial charge in [0.05, 0.1) is 5.25 Å². The van der Waals surface area contributed by atoms with Crippen molar-refractivity contribution in [3.8, 4) is 0 Å². The maximum atomic E-state index is 11.0. The van der Waals surface area contributed by atoms with Crippen molar-refractivity contribution in [2.24, 2.45) is 16.0 Å². The molecule has 0 aliphatic heterocycles. The van der Waals surface area contributed by atoms with Crippen molar-refractivity contribution in [3.05, 3.63) is 0 Å². The highest BCUT2D eigenvalue weighted by Crippen LogP contribution is 2.65. The Morgan fingerprint density at radius 3 is 1.36 bits per heavy atom. The zero-order valence-electron chi connectivity index (χ0n) is 7.38. The van der Waals surface area contributed by atoms with Crippen LogP contribution in [0.15, 0.2) is 0 Å². The number of nitrogens with two attached hydrogens (primary N) is 1. The van der Waals surface area contributed by atoms with Gasteiger partial charge in [0, 0.05) is 0 Å². The van der Waals surface area contributed by atoms with E-state index >= 15 is 0 Å². The van der Waals surface area contributed by atoms with Crippen LogP contribution in [0, 0.1) is 10.8 Å². The van der Waals surface area contributed by atoms with Crippen LogP contribution in [0.4, 0.5) is 0 Å². The molecule has 0 unspecified atom stereocenters. The lowest BCUT2D eigenvalue weighted by molar-refractivity contribution is 0.457. The van der Waals surface area contributed by atoms with Gasteiger partial charge >= 0.3 is 0 Å². The molecule has 1 rings (SSSR count). The second-order valence-corrected chi connectivity index (χ2v) is 6.06. The van der Waals surface area contributed by atoms with Gasteiger partial charge in [0.15, 0.2) is 0 Å². The summed E-state index contributed by atoms with van der Waals surface area (Å²) < 4.78 is 22.0. The fourth-order valence-electron chi connectivity index (χ4n) is 1.96. The minimum atomic E-state index is -3.34. The van der Waals surface area contributed by atoms with Crippen LogP contribution in [0.2, 0.25) is 0 Å². The molecule has 66 valence electrons. The molecule has 1 aliphatic rings. The van der Waals surface area contributed by atoms with Gasteiger partial charge in [-0.05, 0) is 10.8 Å². The first kappa shape index (κ1) is 9.00. The lowest BCUT2D eigenvalue weighted by Gasteiger charge is -2.03. The van der Waals surface area contributed by atoms with Crippen molar-refractivity contribution >= 4 is 10.0 Å². The summed E-state index contributed by atoms with van der Waals surface area (Å²) in [5.74, 6) is 0. The Hall–Kier alpha value is -0.0900. The van der Waals surface area contributed by atoms with Crippen LogP contribution in [-0.2, 0) is 10.0 Å². The van der Waals surface area contributed by atoms with Crippen LogP contribution < -0.4 is 5.14 Å². The van der Waals surface area contributed by atoms with Gasteiger partial charge in [-0.3, -0.25) is 0 Å². The molecule has 11 heavy (non-hydrogen) atoms. The van der Waals surface area contributed by atoms with Crippen molar-refractivity contribution in [2.45, 2.75) is 32.9 Å². The molecule has 0 spiro atoms. The molecule has 0 aromatic heterocycles. The van der Waals surface area contributed by atoms with Gasteiger partial charge in [0.2, 0.25) is 10.0 Å². The molecule has 1 aliphatic carbocycles. The van der Waals surface area contributed by atoms with E-state index in [-0.39, 0.29) is 16.1 Å². The van der Waals surface area contributed by atoms with Crippen LogP contribution >= 0.6 is 0 Å². The van der Waals surface area contributed by atoms with Crippen LogP contribution in [0.1, 0.15) is 27.7 Å². The van der Waals surface area contributed by atoms with Crippen LogP contribution in [0.5, 0.6) is 0 Å². The number of hydrogen-bond donors (Lipinski definition) is 1. The zero-order valence-corrected chi connectivity index (χ0v) is 8.20. The molecular weight excluding hydrogens is 162 g/mol. The van der Waals surface area contributed by atoms with Crippen molar-refractivity contribution in [1.29, 1.82) is 0 Å². The van der Waals surface area contributed by atoms with E-state index in [2.05, 4.69) is 0 Å². The predicted molar refractivity (Wildman–Crippen MR) is 44.5 cm³/mol. The Kier molecular flexibility index (Phi) is 1.47. The number of primary sulfonamides is 1. The summed E-state index contributed by atoms with van der Waals surface area (Å²) in [6.45, 7) is 7.73. The first-order valence-electron chi connectivity index (χ1n) is 3.63. The normalized spacial score (nSPS) is 28.5. The van der Waals surface area contributed by atoms with E-state index in [1.807, 2.05) is 27.7 Å². The second kappa shape index (κ2) is 1.80. The lowest BCUT2D eigenvalue weighted by atomic mass is 10.0. The van der Waals surface area contributed by atoms with Gasteiger partial charge in [0.25, 0.3) is 0 Å². The lowest BCUT2D eigenvalue weighted by Crippen LogP contribution is -2.22. The largest absolute Gasteiger partial charge is 0.228 e. The minimum absolute atomic E-state index is 0.166. The molecule has 0 aromatic rings. The molecule has 4 heteroatoms. The summed E-state index contributed by atoms with van der Waals surface area (Å²) in [4.78, 5) is 0. The summed E-state index contributed by atoms with van der Waals surface area (Å²) in [7, 11) is -3.34. The Labute approximate surface area is 68.0 Å². The fraction of sp³-hybridized carbons (Fsp3) is 1.00. The van der Waals surface area contributed by atoms with Gasteiger partial charge in [0.1, 0.15) is 0 Å². The number of hydrogen-bond acceptors (Lipinski definition) is 2. The van der Waals surface area contributed by atoms with Gasteiger partial charge in [-0.1, -0.05) is 27.7 Å². The summed E-state index contributed by atoms with van der Waals surface area (Å²) in [5.41, 5.74) is -0.332. The maximum absolute atomic E-state index is 11.0. The average molecular weight is 177 g/mol. The maximum Gasteiger partial charge on any atom is 0.213 e. The van der Waals surface area contributed by atoms with Crippen molar-refractivity contribution < 1.29 is 8.42 Å². The number of rotatable bonds is 1. The molecule has 3 nitrogen and oxygen atoms in total. The molecule has 1 saturated carbocycles. The zero-order chi connectivity index (χ0) is 9.08. The molecule has 0 saturated heterocycles. The quantitative estimate of drug-likeness (QED) is 0.641. The van der Waals surface area contributed by atoms with Crippen molar-refractivity contribution in [2.75, 3.05) is 0 Å². The van der Waals surface area contributed by atoms with Gasteiger partial charge in [-0.15, -0.1) is 0 Å². The van der Waals surface area contributed by atoms with Crippen LogP contribution in [0.25, 0.3) is 0 Å². The fourth-order valence-corrected chi connectivity index (χ4v) is 4.14. The average Bonchev–Trinajstić information content (AvgIpc) is 1.93. The van der Waals surface area contributed by atoms with Crippen LogP contribution in [-0.4, -0.2) is 13.7 Å². The third-order valence-corrected chi connectivity index (χ3v) is 5.05. The highest BCUT2D eigenvalue weighted by Gasteiger charge is 2.70. The summed E-state index contributed by atoms with van der Waals surface area (Å²) in [6, 6.07) is 0. The summed E-state index contributed by atoms with van der Waals surface area (Å²) in [5, 5.41) is 4.69. The Morgan fingerprint density at radius 1 is 1.09 bits per heavy atom. The Bertz CT molecular complexity index is 263. The Morgan fingerprint density at radius 2 is 1.36 bits per heavy atom. The van der Waals surface area contributed by atoms with E-state index in [1.54, 1.807) is 0 Å². The van der Waals surface area contributed by atoms with E-state index < -0.39 is 10.0 Å². The molecule has 0 aromatic carbocycles. The highest BCUT2D eigenvalue weighted by atomic mass is 32.2. The van der Waals surface area contributed by atoms with Crippen molar-refractivity contribution in [1.82, 2.24) is 0 Å². The molecule has 0 amide bonds. The number of sulfonamides is 1. The third-order valence-electron chi connectivity index (χ3n) is 3.22. The smallest absolute Gasteiger partial charge is 0.213 e. The van der Waals surface area contributed by atoms with Gasteiger partial charge in [-0.25, -0.2) is 13.6 Å².